The zero-order chi connectivity index (χ0) is 25.1. The number of benzene rings is 2. The van der Waals surface area contributed by atoms with Gasteiger partial charge in [-0.05, 0) is 87.5 Å². The van der Waals surface area contributed by atoms with Crippen LogP contribution in [-0.2, 0) is 11.2 Å². The summed E-state index contributed by atoms with van der Waals surface area (Å²) in [7, 11) is 2.20. The Bertz CT molecular complexity index is 1200. The third-order valence-corrected chi connectivity index (χ3v) is 8.23. The SMILES string of the molecule is CN1CCC(C2CCN(C(=O)[C@@H](Cc3ccccc3)NC(=O)c3cc4cc(Cl)ccc4[nH]3)CC2)CC1.Cl. The fourth-order valence-corrected chi connectivity index (χ4v) is 6.00. The molecule has 2 N–H and O–H groups in total. The first-order chi connectivity index (χ1) is 17.5. The van der Waals surface area contributed by atoms with E-state index in [2.05, 4.69) is 22.2 Å². The largest absolute Gasteiger partial charge is 0.351 e. The number of rotatable bonds is 6. The summed E-state index contributed by atoms with van der Waals surface area (Å²) in [5.41, 5.74) is 2.30. The van der Waals surface area contributed by atoms with E-state index in [0.717, 1.165) is 48.3 Å². The van der Waals surface area contributed by atoms with Crippen molar-refractivity contribution in [2.75, 3.05) is 33.2 Å². The molecule has 8 heteroatoms. The second-order valence-electron chi connectivity index (χ2n) is 10.4. The van der Waals surface area contributed by atoms with Gasteiger partial charge in [-0.1, -0.05) is 41.9 Å². The van der Waals surface area contributed by atoms with Gasteiger partial charge in [-0.15, -0.1) is 12.4 Å². The minimum atomic E-state index is -0.616. The lowest BCUT2D eigenvalue weighted by atomic mass is 9.79. The normalized spacial score (nSPS) is 18.4. The first kappa shape index (κ1) is 27.5. The lowest BCUT2D eigenvalue weighted by Crippen LogP contribution is -2.52. The molecule has 0 unspecified atom stereocenters. The molecule has 5 rings (SSSR count). The number of halogens is 2. The third-order valence-electron chi connectivity index (χ3n) is 7.99. The van der Waals surface area contributed by atoms with Crippen molar-refractivity contribution in [1.29, 1.82) is 0 Å². The van der Waals surface area contributed by atoms with Crippen LogP contribution in [0.4, 0.5) is 0 Å². The molecule has 37 heavy (non-hydrogen) atoms. The molecule has 2 fully saturated rings. The molecule has 0 aliphatic carbocycles. The average Bonchev–Trinajstić information content (AvgIpc) is 3.32. The first-order valence-corrected chi connectivity index (χ1v) is 13.4. The van der Waals surface area contributed by atoms with Gasteiger partial charge in [0.05, 0.1) is 0 Å². The fourth-order valence-electron chi connectivity index (χ4n) is 5.82. The van der Waals surface area contributed by atoms with E-state index in [-0.39, 0.29) is 24.2 Å². The van der Waals surface area contributed by atoms with Crippen LogP contribution < -0.4 is 5.32 Å². The van der Waals surface area contributed by atoms with Crippen LogP contribution >= 0.6 is 24.0 Å². The number of carbonyl (C=O) groups is 2. The number of aromatic nitrogens is 1. The van der Waals surface area contributed by atoms with Gasteiger partial charge in [0.1, 0.15) is 11.7 Å². The van der Waals surface area contributed by atoms with Gasteiger partial charge in [0.15, 0.2) is 0 Å². The van der Waals surface area contributed by atoms with Crippen LogP contribution in [0.25, 0.3) is 10.9 Å². The zero-order valence-corrected chi connectivity index (χ0v) is 22.9. The first-order valence-electron chi connectivity index (χ1n) is 13.1. The number of amides is 2. The Morgan fingerprint density at radius 3 is 2.30 bits per heavy atom. The summed E-state index contributed by atoms with van der Waals surface area (Å²) in [5.74, 6) is 1.20. The Labute approximate surface area is 230 Å². The summed E-state index contributed by atoms with van der Waals surface area (Å²) in [4.78, 5) is 34.4. The molecule has 2 saturated heterocycles. The molecule has 2 aliphatic heterocycles. The number of hydrogen-bond donors (Lipinski definition) is 2. The maximum Gasteiger partial charge on any atom is 0.268 e. The summed E-state index contributed by atoms with van der Waals surface area (Å²) in [6, 6.07) is 16.5. The summed E-state index contributed by atoms with van der Waals surface area (Å²) >= 11 is 6.11. The van der Waals surface area contributed by atoms with E-state index >= 15 is 0 Å². The molecule has 6 nitrogen and oxygen atoms in total. The molecule has 2 amide bonds. The van der Waals surface area contributed by atoms with Gasteiger partial charge in [-0.3, -0.25) is 9.59 Å². The number of piperidine rings is 2. The number of aromatic amines is 1. The van der Waals surface area contributed by atoms with Crippen LogP contribution in [0.5, 0.6) is 0 Å². The predicted octanol–water partition coefficient (Wildman–Crippen LogP) is 5.16. The minimum Gasteiger partial charge on any atom is -0.351 e. The minimum absolute atomic E-state index is 0. The molecule has 0 radical (unpaired) electrons. The molecule has 198 valence electrons. The van der Waals surface area contributed by atoms with Gasteiger partial charge in [0, 0.05) is 35.4 Å². The maximum absolute atomic E-state index is 13.7. The lowest BCUT2D eigenvalue weighted by molar-refractivity contribution is -0.135. The molecular formula is C29H36Cl2N4O2. The van der Waals surface area contributed by atoms with Gasteiger partial charge < -0.3 is 20.1 Å². The Hall–Kier alpha value is -2.54. The van der Waals surface area contributed by atoms with E-state index in [4.69, 9.17) is 11.6 Å². The van der Waals surface area contributed by atoms with Crippen LogP contribution in [0.2, 0.25) is 5.02 Å². The van der Waals surface area contributed by atoms with Crippen molar-refractivity contribution in [1.82, 2.24) is 20.1 Å². The third kappa shape index (κ3) is 6.67. The van der Waals surface area contributed by atoms with Crippen molar-refractivity contribution in [3.05, 3.63) is 70.9 Å². The highest BCUT2D eigenvalue weighted by molar-refractivity contribution is 6.31. The summed E-state index contributed by atoms with van der Waals surface area (Å²) in [5, 5.41) is 4.52. The average molecular weight is 544 g/mol. The standard InChI is InChI=1S/C29H35ClN4O2.ClH/c1-33-13-9-21(10-14-33)22-11-15-34(16-12-22)29(36)27(17-20-5-3-2-4-6-20)32-28(35)26-19-23-18-24(30)7-8-25(23)31-26;/h2-8,18-19,21-22,27,31H,9-17H2,1H3,(H,32,35);1H/t27-;/m1./s1. The van der Waals surface area contributed by atoms with E-state index in [9.17, 15) is 9.59 Å². The van der Waals surface area contributed by atoms with Crippen LogP contribution in [0, 0.1) is 11.8 Å². The van der Waals surface area contributed by atoms with Crippen LogP contribution in [0.15, 0.2) is 54.6 Å². The molecule has 2 aromatic carbocycles. The number of nitrogens with zero attached hydrogens (tertiary/aromatic N) is 2. The molecule has 0 spiro atoms. The van der Waals surface area contributed by atoms with E-state index in [1.807, 2.05) is 47.4 Å². The summed E-state index contributed by atoms with van der Waals surface area (Å²) in [6.07, 6.45) is 5.09. The summed E-state index contributed by atoms with van der Waals surface area (Å²) < 4.78 is 0. The van der Waals surface area contributed by atoms with Gasteiger partial charge in [0.2, 0.25) is 5.91 Å². The maximum atomic E-state index is 13.7. The Morgan fingerprint density at radius 1 is 0.973 bits per heavy atom. The molecule has 3 heterocycles. The number of H-pyrrole nitrogens is 1. The quantitative estimate of drug-likeness (QED) is 0.451. The van der Waals surface area contributed by atoms with E-state index < -0.39 is 6.04 Å². The Morgan fingerprint density at radius 2 is 1.62 bits per heavy atom. The smallest absolute Gasteiger partial charge is 0.268 e. The van der Waals surface area contributed by atoms with Gasteiger partial charge in [0.25, 0.3) is 5.91 Å². The molecule has 0 saturated carbocycles. The van der Waals surface area contributed by atoms with Crippen molar-refractivity contribution in [3.8, 4) is 0 Å². The highest BCUT2D eigenvalue weighted by Gasteiger charge is 2.33. The fraction of sp³-hybridized carbons (Fsp3) is 0.448. The van der Waals surface area contributed by atoms with E-state index in [1.54, 1.807) is 12.1 Å². The molecular weight excluding hydrogens is 507 g/mol. The second kappa shape index (κ2) is 12.3. The monoisotopic (exact) mass is 542 g/mol. The highest BCUT2D eigenvalue weighted by Crippen LogP contribution is 2.32. The van der Waals surface area contributed by atoms with Crippen LogP contribution in [0.3, 0.4) is 0 Å². The second-order valence-corrected chi connectivity index (χ2v) is 10.9. The number of likely N-dealkylation sites (tertiary alicyclic amines) is 2. The van der Waals surface area contributed by atoms with Crippen molar-refractivity contribution >= 4 is 46.7 Å². The molecule has 1 atom stereocenters. The zero-order valence-electron chi connectivity index (χ0n) is 21.3. The topological polar surface area (TPSA) is 68.4 Å². The number of nitrogens with one attached hydrogen (secondary N) is 2. The molecule has 3 aromatic rings. The Balaban J connectivity index is 0.00000320. The van der Waals surface area contributed by atoms with Gasteiger partial charge in [-0.25, -0.2) is 0 Å². The number of fused-ring (bicyclic) bond motifs is 1. The number of carbonyl (C=O) groups excluding carboxylic acids is 2. The molecule has 1 aromatic heterocycles. The number of hydrogen-bond acceptors (Lipinski definition) is 3. The predicted molar refractivity (Wildman–Crippen MR) is 151 cm³/mol. The van der Waals surface area contributed by atoms with Crippen molar-refractivity contribution in [3.63, 3.8) is 0 Å². The summed E-state index contributed by atoms with van der Waals surface area (Å²) in [6.45, 7) is 3.88. The van der Waals surface area contributed by atoms with Crippen LogP contribution in [0.1, 0.15) is 41.7 Å². The molecule has 2 aliphatic rings. The lowest BCUT2D eigenvalue weighted by Gasteiger charge is -2.40. The highest BCUT2D eigenvalue weighted by atomic mass is 35.5. The Kier molecular flexibility index (Phi) is 9.17. The van der Waals surface area contributed by atoms with E-state index in [1.165, 1.54) is 25.9 Å². The molecule has 0 bridgehead atoms. The van der Waals surface area contributed by atoms with Crippen molar-refractivity contribution in [2.45, 2.75) is 38.1 Å². The van der Waals surface area contributed by atoms with Crippen LogP contribution in [-0.4, -0.2) is 65.9 Å². The van der Waals surface area contributed by atoms with Gasteiger partial charge >= 0.3 is 0 Å². The van der Waals surface area contributed by atoms with E-state index in [0.29, 0.717) is 23.1 Å². The van der Waals surface area contributed by atoms with Crippen molar-refractivity contribution < 1.29 is 9.59 Å². The van der Waals surface area contributed by atoms with Gasteiger partial charge in [-0.2, -0.15) is 0 Å². The van der Waals surface area contributed by atoms with Crippen molar-refractivity contribution in [2.24, 2.45) is 11.8 Å².